The molecule has 1 aliphatic heterocycles. The first-order valence-electron chi connectivity index (χ1n) is 10.3. The zero-order valence-corrected chi connectivity index (χ0v) is 18.4. The summed E-state index contributed by atoms with van der Waals surface area (Å²) in [6.07, 6.45) is 5.41. The molecule has 0 radical (unpaired) electrons. The molecule has 1 amide bonds. The highest BCUT2D eigenvalue weighted by Crippen LogP contribution is 2.39. The number of amides is 1. The fourth-order valence-electron chi connectivity index (χ4n) is 4.21. The quantitative estimate of drug-likeness (QED) is 0.707. The van der Waals surface area contributed by atoms with Crippen LogP contribution in [0.15, 0.2) is 17.5 Å². The third-order valence-corrected chi connectivity index (χ3v) is 7.72. The number of thiophene rings is 2. The SMILES string of the molecule is C[C@@H]1CCc2c(sc(NC(=O)CN(Cc3cccs3)C[C@H]3CCCO3)c2C#N)C1. The van der Waals surface area contributed by atoms with Crippen molar-refractivity contribution in [2.24, 2.45) is 5.92 Å². The first kappa shape index (κ1) is 20.5. The van der Waals surface area contributed by atoms with Crippen molar-refractivity contribution >= 4 is 33.6 Å². The van der Waals surface area contributed by atoms with Crippen molar-refractivity contribution in [2.75, 3.05) is 25.0 Å². The average molecular weight is 430 g/mol. The molecule has 4 rings (SSSR count). The monoisotopic (exact) mass is 429 g/mol. The summed E-state index contributed by atoms with van der Waals surface area (Å²) in [6.45, 7) is 4.87. The van der Waals surface area contributed by atoms with Gasteiger partial charge in [0.05, 0.1) is 18.2 Å². The predicted octanol–water partition coefficient (Wildman–Crippen LogP) is 4.43. The molecule has 7 heteroatoms. The van der Waals surface area contributed by atoms with Crippen LogP contribution in [0.2, 0.25) is 0 Å². The third kappa shape index (κ3) is 5.07. The Kier molecular flexibility index (Phi) is 6.66. The highest BCUT2D eigenvalue weighted by molar-refractivity contribution is 7.16. The van der Waals surface area contributed by atoms with E-state index < -0.39 is 0 Å². The summed E-state index contributed by atoms with van der Waals surface area (Å²) in [5, 5.41) is 15.5. The fraction of sp³-hybridized carbons (Fsp3) is 0.545. The number of nitrogens with one attached hydrogen (secondary N) is 1. The summed E-state index contributed by atoms with van der Waals surface area (Å²) < 4.78 is 5.79. The van der Waals surface area contributed by atoms with Gasteiger partial charge in [-0.1, -0.05) is 13.0 Å². The van der Waals surface area contributed by atoms with Gasteiger partial charge in [-0.25, -0.2) is 0 Å². The Morgan fingerprint density at radius 2 is 2.34 bits per heavy atom. The van der Waals surface area contributed by atoms with Gasteiger partial charge in [0.15, 0.2) is 0 Å². The van der Waals surface area contributed by atoms with Gasteiger partial charge in [-0.05, 0) is 55.0 Å². The molecule has 0 unspecified atom stereocenters. The predicted molar refractivity (Wildman–Crippen MR) is 117 cm³/mol. The van der Waals surface area contributed by atoms with Gasteiger partial charge in [0.2, 0.25) is 5.91 Å². The Balaban J connectivity index is 1.44. The molecule has 0 bridgehead atoms. The lowest BCUT2D eigenvalue weighted by Crippen LogP contribution is -2.37. The molecule has 3 heterocycles. The summed E-state index contributed by atoms with van der Waals surface area (Å²) in [4.78, 5) is 17.6. The maximum atomic E-state index is 12.9. The maximum absolute atomic E-state index is 12.9. The van der Waals surface area contributed by atoms with Crippen LogP contribution >= 0.6 is 22.7 Å². The van der Waals surface area contributed by atoms with Crippen molar-refractivity contribution in [2.45, 2.75) is 51.7 Å². The van der Waals surface area contributed by atoms with Crippen LogP contribution < -0.4 is 5.32 Å². The molecule has 2 atom stereocenters. The maximum Gasteiger partial charge on any atom is 0.239 e. The molecule has 0 aromatic carbocycles. The number of fused-ring (bicyclic) bond motifs is 1. The average Bonchev–Trinajstić information content (AvgIpc) is 3.42. The van der Waals surface area contributed by atoms with E-state index in [-0.39, 0.29) is 12.0 Å². The number of rotatable bonds is 7. The molecule has 29 heavy (non-hydrogen) atoms. The molecular formula is C22H27N3O2S2. The minimum Gasteiger partial charge on any atom is -0.377 e. The first-order chi connectivity index (χ1) is 14.1. The van der Waals surface area contributed by atoms with E-state index in [1.807, 2.05) is 6.07 Å². The summed E-state index contributed by atoms with van der Waals surface area (Å²) in [5.41, 5.74) is 1.83. The number of anilines is 1. The van der Waals surface area contributed by atoms with Gasteiger partial charge >= 0.3 is 0 Å². The van der Waals surface area contributed by atoms with Crippen molar-refractivity contribution < 1.29 is 9.53 Å². The van der Waals surface area contributed by atoms with Crippen molar-refractivity contribution in [1.82, 2.24) is 4.90 Å². The van der Waals surface area contributed by atoms with E-state index in [1.165, 1.54) is 9.75 Å². The molecular weight excluding hydrogens is 402 g/mol. The van der Waals surface area contributed by atoms with Gasteiger partial charge in [-0.15, -0.1) is 22.7 Å². The van der Waals surface area contributed by atoms with Gasteiger partial charge < -0.3 is 10.1 Å². The second kappa shape index (κ2) is 9.40. The van der Waals surface area contributed by atoms with Gasteiger partial charge in [0.25, 0.3) is 0 Å². The number of carbonyl (C=O) groups is 1. The number of nitriles is 1. The van der Waals surface area contributed by atoms with E-state index in [9.17, 15) is 10.1 Å². The zero-order chi connectivity index (χ0) is 20.2. The Bertz CT molecular complexity index is 879. The summed E-state index contributed by atoms with van der Waals surface area (Å²) in [6, 6.07) is 6.48. The number of hydrogen-bond donors (Lipinski definition) is 1. The molecule has 1 N–H and O–H groups in total. The van der Waals surface area contributed by atoms with Crippen LogP contribution in [0.1, 0.15) is 47.1 Å². The molecule has 2 aromatic rings. The molecule has 2 aromatic heterocycles. The van der Waals surface area contributed by atoms with Gasteiger partial charge in [-0.3, -0.25) is 9.69 Å². The van der Waals surface area contributed by atoms with Crippen LogP contribution in [0, 0.1) is 17.2 Å². The van der Waals surface area contributed by atoms with Crippen molar-refractivity contribution in [3.63, 3.8) is 0 Å². The van der Waals surface area contributed by atoms with Crippen LogP contribution in [0.5, 0.6) is 0 Å². The van der Waals surface area contributed by atoms with Crippen LogP contribution in [-0.4, -0.2) is 36.6 Å². The Morgan fingerprint density at radius 1 is 1.45 bits per heavy atom. The van der Waals surface area contributed by atoms with Crippen molar-refractivity contribution in [1.29, 1.82) is 5.26 Å². The van der Waals surface area contributed by atoms with Gasteiger partial charge in [0.1, 0.15) is 11.1 Å². The van der Waals surface area contributed by atoms with Crippen LogP contribution in [0.3, 0.4) is 0 Å². The lowest BCUT2D eigenvalue weighted by Gasteiger charge is -2.24. The van der Waals surface area contributed by atoms with Crippen LogP contribution in [-0.2, 0) is 28.9 Å². The van der Waals surface area contributed by atoms with E-state index >= 15 is 0 Å². The van der Waals surface area contributed by atoms with Gasteiger partial charge in [-0.2, -0.15) is 5.26 Å². The normalized spacial score (nSPS) is 21.1. The number of ether oxygens (including phenoxy) is 1. The summed E-state index contributed by atoms with van der Waals surface area (Å²) in [5.74, 6) is 0.589. The molecule has 2 aliphatic rings. The molecule has 1 saturated heterocycles. The molecule has 0 saturated carbocycles. The van der Waals surface area contributed by atoms with E-state index in [0.29, 0.717) is 18.0 Å². The number of carbonyl (C=O) groups excluding carboxylic acids is 1. The summed E-state index contributed by atoms with van der Waals surface area (Å²) in [7, 11) is 0. The number of hydrogen-bond acceptors (Lipinski definition) is 6. The fourth-order valence-corrected chi connectivity index (χ4v) is 6.33. The van der Waals surface area contributed by atoms with Crippen molar-refractivity contribution in [3.05, 3.63) is 38.4 Å². The standard InChI is InChI=1S/C22H27N3O2S2/c1-15-6-7-18-19(11-23)22(29-20(18)10-15)24-21(26)14-25(12-16-4-2-8-27-16)13-17-5-3-9-28-17/h3,5,9,15-16H,2,4,6-8,10,12-14H2,1H3,(H,24,26)/t15-,16-/m1/s1. The molecule has 1 aliphatic carbocycles. The second-order valence-corrected chi connectivity index (χ2v) is 10.2. The lowest BCUT2D eigenvalue weighted by molar-refractivity contribution is -0.117. The molecule has 1 fully saturated rings. The highest BCUT2D eigenvalue weighted by atomic mass is 32.1. The largest absolute Gasteiger partial charge is 0.377 e. The van der Waals surface area contributed by atoms with Gasteiger partial charge in [0, 0.05) is 29.5 Å². The molecule has 5 nitrogen and oxygen atoms in total. The Labute approximate surface area is 180 Å². The zero-order valence-electron chi connectivity index (χ0n) is 16.8. The third-order valence-electron chi connectivity index (χ3n) is 5.69. The first-order valence-corrected chi connectivity index (χ1v) is 12.0. The summed E-state index contributed by atoms with van der Waals surface area (Å²) >= 11 is 3.30. The smallest absolute Gasteiger partial charge is 0.239 e. The minimum absolute atomic E-state index is 0.0531. The van der Waals surface area contributed by atoms with E-state index in [1.54, 1.807) is 22.7 Å². The number of nitrogens with zero attached hydrogens (tertiary/aromatic N) is 2. The molecule has 0 spiro atoms. The minimum atomic E-state index is -0.0531. The van der Waals surface area contributed by atoms with Crippen LogP contribution in [0.25, 0.3) is 0 Å². The van der Waals surface area contributed by atoms with E-state index in [4.69, 9.17) is 4.74 Å². The lowest BCUT2D eigenvalue weighted by atomic mass is 9.89. The second-order valence-electron chi connectivity index (χ2n) is 8.10. The van der Waals surface area contributed by atoms with Crippen molar-refractivity contribution in [3.8, 4) is 6.07 Å². The Morgan fingerprint density at radius 3 is 3.07 bits per heavy atom. The van der Waals surface area contributed by atoms with Crippen LogP contribution in [0.4, 0.5) is 5.00 Å². The van der Waals surface area contributed by atoms with E-state index in [0.717, 1.165) is 62.4 Å². The topological polar surface area (TPSA) is 65.4 Å². The van der Waals surface area contributed by atoms with E-state index in [2.05, 4.69) is 34.7 Å². The molecule has 154 valence electrons. The Hall–Kier alpha value is -1.72. The highest BCUT2D eigenvalue weighted by Gasteiger charge is 2.26.